The summed E-state index contributed by atoms with van der Waals surface area (Å²) in [4.78, 5) is 13.1. The van der Waals surface area contributed by atoms with Crippen molar-refractivity contribution in [3.8, 4) is 11.5 Å². The lowest BCUT2D eigenvalue weighted by molar-refractivity contribution is -0.122. The number of nitrogens with one attached hydrogen (secondary N) is 1. The van der Waals surface area contributed by atoms with Crippen molar-refractivity contribution in [2.24, 2.45) is 0 Å². The summed E-state index contributed by atoms with van der Waals surface area (Å²) in [6, 6.07) is 17.4. The molecule has 2 heterocycles. The summed E-state index contributed by atoms with van der Waals surface area (Å²) in [5, 5.41) is 3.13. The van der Waals surface area contributed by atoms with Gasteiger partial charge in [-0.25, -0.2) is 0 Å². The van der Waals surface area contributed by atoms with Gasteiger partial charge in [-0.2, -0.15) is 0 Å². The summed E-state index contributed by atoms with van der Waals surface area (Å²) in [6.07, 6.45) is 4.09. The fourth-order valence-electron chi connectivity index (χ4n) is 3.33. The van der Waals surface area contributed by atoms with Gasteiger partial charge in [0.1, 0.15) is 11.5 Å². The molecular weight excluding hydrogens is 314 g/mol. The summed E-state index contributed by atoms with van der Waals surface area (Å²) in [5.41, 5.74) is 2.86. The Morgan fingerprint density at radius 1 is 1.04 bits per heavy atom. The van der Waals surface area contributed by atoms with Crippen LogP contribution in [0.15, 0.2) is 71.5 Å². The normalized spacial score (nSPS) is 14.1. The number of fused-ring (bicyclic) bond motifs is 2. The molecule has 25 heavy (non-hydrogen) atoms. The van der Waals surface area contributed by atoms with Crippen LogP contribution in [0.5, 0.6) is 11.5 Å². The van der Waals surface area contributed by atoms with Crippen molar-refractivity contribution in [3.05, 3.63) is 83.8 Å². The molecule has 1 amide bonds. The van der Waals surface area contributed by atoms with Crippen LogP contribution in [0.3, 0.4) is 0 Å². The smallest absolute Gasteiger partial charge is 0.232 e. The first kappa shape index (κ1) is 15.5. The first-order valence-electron chi connectivity index (χ1n) is 8.39. The van der Waals surface area contributed by atoms with E-state index in [0.29, 0.717) is 0 Å². The molecule has 1 aromatic heterocycles. The van der Waals surface area contributed by atoms with Gasteiger partial charge in [-0.05, 0) is 37.1 Å². The highest BCUT2D eigenvalue weighted by atomic mass is 16.5. The molecule has 0 saturated carbocycles. The van der Waals surface area contributed by atoms with E-state index in [1.807, 2.05) is 61.5 Å². The molecule has 0 aliphatic carbocycles. The molecule has 0 radical (unpaired) electrons. The molecule has 0 fully saturated rings. The van der Waals surface area contributed by atoms with Crippen molar-refractivity contribution in [1.82, 2.24) is 5.32 Å². The van der Waals surface area contributed by atoms with Crippen LogP contribution in [-0.2, 0) is 11.2 Å². The molecule has 0 unspecified atom stereocenters. The Morgan fingerprint density at radius 2 is 1.68 bits per heavy atom. The maximum absolute atomic E-state index is 13.1. The Kier molecular flexibility index (Phi) is 4.02. The second-order valence-corrected chi connectivity index (χ2v) is 6.36. The molecule has 4 heteroatoms. The van der Waals surface area contributed by atoms with E-state index in [-0.39, 0.29) is 17.9 Å². The van der Waals surface area contributed by atoms with E-state index in [1.165, 1.54) is 0 Å². The van der Waals surface area contributed by atoms with Crippen molar-refractivity contribution in [1.29, 1.82) is 0 Å². The molecule has 3 aromatic rings. The third-order valence-electron chi connectivity index (χ3n) is 4.45. The highest BCUT2D eigenvalue weighted by molar-refractivity contribution is 5.89. The minimum atomic E-state index is -0.368. The summed E-state index contributed by atoms with van der Waals surface area (Å²) in [6.45, 7) is 2.00. The minimum Gasteiger partial charge on any atom is -0.472 e. The topological polar surface area (TPSA) is 51.5 Å². The first-order chi connectivity index (χ1) is 12.2. The van der Waals surface area contributed by atoms with Gasteiger partial charge in [0.2, 0.25) is 5.91 Å². The maximum atomic E-state index is 13.1. The second kappa shape index (κ2) is 6.48. The number of ether oxygens (including phenoxy) is 1. The van der Waals surface area contributed by atoms with E-state index in [9.17, 15) is 4.79 Å². The molecule has 1 N–H and O–H groups in total. The van der Waals surface area contributed by atoms with Gasteiger partial charge in [0.05, 0.1) is 18.4 Å². The summed E-state index contributed by atoms with van der Waals surface area (Å²) >= 11 is 0. The fraction of sp³-hybridized carbons (Fsp3) is 0.190. The third kappa shape index (κ3) is 3.03. The highest BCUT2D eigenvalue weighted by Crippen LogP contribution is 2.43. The zero-order chi connectivity index (χ0) is 17.2. The molecule has 0 saturated heterocycles. The molecule has 126 valence electrons. The molecule has 2 aromatic carbocycles. The Bertz CT molecular complexity index is 840. The molecule has 1 atom stereocenters. The lowest BCUT2D eigenvalue weighted by Crippen LogP contribution is -2.38. The van der Waals surface area contributed by atoms with Crippen LogP contribution >= 0.6 is 0 Å². The lowest BCUT2D eigenvalue weighted by Gasteiger charge is -2.28. The molecule has 1 aliphatic heterocycles. The quantitative estimate of drug-likeness (QED) is 0.776. The average Bonchev–Trinajstić information content (AvgIpc) is 3.12. The van der Waals surface area contributed by atoms with Crippen molar-refractivity contribution < 1.29 is 13.9 Å². The minimum absolute atomic E-state index is 0.00673. The van der Waals surface area contributed by atoms with Crippen molar-refractivity contribution in [2.75, 3.05) is 0 Å². The number of rotatable bonds is 4. The van der Waals surface area contributed by atoms with Crippen molar-refractivity contribution >= 4 is 5.91 Å². The van der Waals surface area contributed by atoms with Gasteiger partial charge in [0.15, 0.2) is 0 Å². The van der Waals surface area contributed by atoms with Gasteiger partial charge >= 0.3 is 0 Å². The second-order valence-electron chi connectivity index (χ2n) is 6.36. The van der Waals surface area contributed by atoms with Gasteiger partial charge in [-0.15, -0.1) is 0 Å². The lowest BCUT2D eigenvalue weighted by atomic mass is 9.87. The molecule has 0 spiro atoms. The number of carbonyl (C=O) groups excluding carboxylic acids is 1. The van der Waals surface area contributed by atoms with E-state index >= 15 is 0 Å². The number of hydrogen-bond acceptors (Lipinski definition) is 3. The zero-order valence-corrected chi connectivity index (χ0v) is 13.9. The fourth-order valence-corrected chi connectivity index (χ4v) is 3.33. The maximum Gasteiger partial charge on any atom is 0.232 e. The van der Waals surface area contributed by atoms with Crippen LogP contribution in [0.2, 0.25) is 0 Å². The van der Waals surface area contributed by atoms with E-state index in [1.54, 1.807) is 12.5 Å². The number of amides is 1. The van der Waals surface area contributed by atoms with Crippen molar-refractivity contribution in [3.63, 3.8) is 0 Å². The summed E-state index contributed by atoms with van der Waals surface area (Å²) < 4.78 is 11.1. The van der Waals surface area contributed by atoms with E-state index in [4.69, 9.17) is 9.15 Å². The van der Waals surface area contributed by atoms with Crippen LogP contribution in [-0.4, -0.2) is 11.9 Å². The predicted molar refractivity (Wildman–Crippen MR) is 94.8 cm³/mol. The van der Waals surface area contributed by atoms with E-state index in [2.05, 4.69) is 5.32 Å². The Hall–Kier alpha value is -3.01. The Labute approximate surface area is 146 Å². The van der Waals surface area contributed by atoms with Crippen LogP contribution < -0.4 is 10.1 Å². The first-order valence-corrected chi connectivity index (χ1v) is 8.39. The van der Waals surface area contributed by atoms with Crippen LogP contribution in [0.1, 0.15) is 29.5 Å². The number of para-hydroxylation sites is 2. The third-order valence-corrected chi connectivity index (χ3v) is 4.45. The SMILES string of the molecule is C[C@@H](Cc1ccoc1)NC(=O)C1c2ccccc2Oc2ccccc21. The monoisotopic (exact) mass is 333 g/mol. The zero-order valence-electron chi connectivity index (χ0n) is 13.9. The number of benzene rings is 2. The van der Waals surface area contributed by atoms with Gasteiger partial charge in [0, 0.05) is 17.2 Å². The Morgan fingerprint density at radius 3 is 2.28 bits per heavy atom. The molecule has 0 bridgehead atoms. The van der Waals surface area contributed by atoms with Crippen LogP contribution in [0.25, 0.3) is 0 Å². The van der Waals surface area contributed by atoms with Gasteiger partial charge in [-0.3, -0.25) is 4.79 Å². The molecule has 4 nitrogen and oxygen atoms in total. The van der Waals surface area contributed by atoms with E-state index in [0.717, 1.165) is 34.6 Å². The summed E-state index contributed by atoms with van der Waals surface area (Å²) in [5.74, 6) is 1.10. The summed E-state index contributed by atoms with van der Waals surface area (Å²) in [7, 11) is 0. The standard InChI is InChI=1S/C21H19NO3/c1-14(12-15-10-11-24-13-15)22-21(23)20-16-6-2-4-8-18(16)25-19-9-5-3-7-17(19)20/h2-11,13-14,20H,12H2,1H3,(H,22,23)/t14-/m0/s1. The van der Waals surface area contributed by atoms with E-state index < -0.39 is 0 Å². The van der Waals surface area contributed by atoms with Crippen molar-refractivity contribution in [2.45, 2.75) is 25.3 Å². The molecule has 1 aliphatic rings. The number of furan rings is 1. The van der Waals surface area contributed by atoms with Gasteiger partial charge < -0.3 is 14.5 Å². The number of carbonyl (C=O) groups is 1. The average molecular weight is 333 g/mol. The molecular formula is C21H19NO3. The van der Waals surface area contributed by atoms with Crippen LogP contribution in [0, 0.1) is 0 Å². The predicted octanol–water partition coefficient (Wildman–Crippen LogP) is 4.26. The Balaban J connectivity index is 1.61. The molecule has 4 rings (SSSR count). The van der Waals surface area contributed by atoms with Gasteiger partial charge in [0.25, 0.3) is 0 Å². The number of hydrogen-bond donors (Lipinski definition) is 1. The van der Waals surface area contributed by atoms with Gasteiger partial charge in [-0.1, -0.05) is 36.4 Å². The van der Waals surface area contributed by atoms with Crippen LogP contribution in [0.4, 0.5) is 0 Å². The highest BCUT2D eigenvalue weighted by Gasteiger charge is 2.32. The largest absolute Gasteiger partial charge is 0.472 e.